The molecule has 1 aliphatic carbocycles. The molecule has 0 spiro atoms. The Kier molecular flexibility index (Phi) is 5.08. The minimum Gasteiger partial charge on any atom is -0.398 e. The lowest BCUT2D eigenvalue weighted by atomic mass is 9.84. The lowest BCUT2D eigenvalue weighted by Crippen LogP contribution is -2.38. The van der Waals surface area contributed by atoms with Crippen molar-refractivity contribution < 1.29 is 4.79 Å². The average molecular weight is 339 g/mol. The molecule has 0 radical (unpaired) electrons. The molecule has 1 aliphatic rings. The van der Waals surface area contributed by atoms with Gasteiger partial charge in [-0.1, -0.05) is 42.1 Å². The van der Waals surface area contributed by atoms with Crippen LogP contribution in [0, 0.1) is 12.8 Å². The maximum atomic E-state index is 12.4. The van der Waals surface area contributed by atoms with E-state index in [1.165, 1.54) is 19.3 Å². The monoisotopic (exact) mass is 338 g/mol. The second-order valence-electron chi connectivity index (χ2n) is 5.78. The van der Waals surface area contributed by atoms with Crippen LogP contribution >= 0.6 is 15.9 Å². The summed E-state index contributed by atoms with van der Waals surface area (Å²) in [6, 6.07) is 3.99. The average Bonchev–Trinajstić information content (AvgIpc) is 2.43. The number of halogens is 1. The van der Waals surface area contributed by atoms with Crippen molar-refractivity contribution in [3.8, 4) is 0 Å². The van der Waals surface area contributed by atoms with Crippen molar-refractivity contribution in [2.45, 2.75) is 52.0 Å². The maximum Gasteiger partial charge on any atom is 0.251 e. The van der Waals surface area contributed by atoms with E-state index < -0.39 is 0 Å². The van der Waals surface area contributed by atoms with Gasteiger partial charge in [0.15, 0.2) is 0 Å². The lowest BCUT2D eigenvalue weighted by molar-refractivity contribution is 0.0918. The van der Waals surface area contributed by atoms with E-state index in [-0.39, 0.29) is 5.91 Å². The fourth-order valence-corrected chi connectivity index (χ4v) is 3.47. The Labute approximate surface area is 129 Å². The van der Waals surface area contributed by atoms with Crippen molar-refractivity contribution >= 4 is 27.5 Å². The number of carbonyl (C=O) groups excluding carboxylic acids is 1. The topological polar surface area (TPSA) is 55.1 Å². The second-order valence-corrected chi connectivity index (χ2v) is 6.69. The highest BCUT2D eigenvalue weighted by molar-refractivity contribution is 9.10. The Morgan fingerprint density at radius 2 is 2.20 bits per heavy atom. The molecule has 1 amide bonds. The van der Waals surface area contributed by atoms with Crippen LogP contribution in [0.4, 0.5) is 5.69 Å². The number of hydrogen-bond donors (Lipinski definition) is 2. The molecule has 1 aromatic rings. The van der Waals surface area contributed by atoms with Gasteiger partial charge in [0.2, 0.25) is 0 Å². The zero-order valence-corrected chi connectivity index (χ0v) is 13.8. The third-order valence-corrected chi connectivity index (χ3v) is 4.81. The molecule has 1 saturated carbocycles. The summed E-state index contributed by atoms with van der Waals surface area (Å²) in [5, 5.41) is 3.18. The van der Waals surface area contributed by atoms with Crippen LogP contribution < -0.4 is 11.1 Å². The third kappa shape index (κ3) is 3.54. The molecule has 0 aliphatic heterocycles. The molecule has 110 valence electrons. The van der Waals surface area contributed by atoms with Gasteiger partial charge in [-0.25, -0.2) is 0 Å². The predicted molar refractivity (Wildman–Crippen MR) is 86.8 cm³/mol. The minimum atomic E-state index is -0.00254. The van der Waals surface area contributed by atoms with Gasteiger partial charge < -0.3 is 11.1 Å². The summed E-state index contributed by atoms with van der Waals surface area (Å²) in [7, 11) is 0. The highest BCUT2D eigenvalue weighted by atomic mass is 79.9. The first-order valence-electron chi connectivity index (χ1n) is 7.37. The van der Waals surface area contributed by atoms with Gasteiger partial charge in [-0.05, 0) is 43.4 Å². The van der Waals surface area contributed by atoms with Crippen LogP contribution in [0.15, 0.2) is 16.6 Å². The number of nitrogens with one attached hydrogen (secondary N) is 1. The number of hydrogen-bond acceptors (Lipinski definition) is 2. The first-order valence-corrected chi connectivity index (χ1v) is 8.17. The van der Waals surface area contributed by atoms with E-state index in [1.54, 1.807) is 0 Å². The fourth-order valence-electron chi connectivity index (χ4n) is 2.99. The Morgan fingerprint density at radius 1 is 1.45 bits per heavy atom. The van der Waals surface area contributed by atoms with Crippen molar-refractivity contribution in [1.82, 2.24) is 5.32 Å². The normalized spacial score (nSPS) is 22.6. The van der Waals surface area contributed by atoms with Crippen molar-refractivity contribution in [2.24, 2.45) is 5.92 Å². The molecular weight excluding hydrogens is 316 g/mol. The van der Waals surface area contributed by atoms with Crippen molar-refractivity contribution in [2.75, 3.05) is 5.73 Å². The summed E-state index contributed by atoms with van der Waals surface area (Å²) >= 11 is 3.40. The largest absolute Gasteiger partial charge is 0.398 e. The predicted octanol–water partition coefficient (Wildman–Crippen LogP) is 4.04. The number of rotatable bonds is 3. The van der Waals surface area contributed by atoms with Crippen LogP contribution in [0.3, 0.4) is 0 Å². The first kappa shape index (κ1) is 15.4. The van der Waals surface area contributed by atoms with E-state index in [9.17, 15) is 4.79 Å². The van der Waals surface area contributed by atoms with Gasteiger partial charge in [0.1, 0.15) is 0 Å². The van der Waals surface area contributed by atoms with E-state index in [1.807, 2.05) is 19.1 Å². The standard InChI is InChI=1S/C16H23BrN2O/c1-3-11-5-4-6-13(7-11)19-16(20)14-8-12(17)9-15(18)10(14)2/h8-9,11,13H,3-7,18H2,1-2H3,(H,19,20). The molecule has 3 N–H and O–H groups in total. The molecule has 2 unspecified atom stereocenters. The molecule has 3 nitrogen and oxygen atoms in total. The van der Waals surface area contributed by atoms with E-state index in [0.717, 1.165) is 28.8 Å². The van der Waals surface area contributed by atoms with Crippen LogP contribution in [0.1, 0.15) is 54.9 Å². The summed E-state index contributed by atoms with van der Waals surface area (Å²) in [5.74, 6) is 0.750. The van der Waals surface area contributed by atoms with E-state index in [4.69, 9.17) is 5.73 Å². The lowest BCUT2D eigenvalue weighted by Gasteiger charge is -2.29. The molecule has 4 heteroatoms. The SMILES string of the molecule is CCC1CCCC(NC(=O)c2cc(Br)cc(N)c2C)C1. The van der Waals surface area contributed by atoms with Gasteiger partial charge in [0.05, 0.1) is 0 Å². The molecule has 1 aromatic carbocycles. The quantitative estimate of drug-likeness (QED) is 0.817. The van der Waals surface area contributed by atoms with Gasteiger partial charge in [-0.2, -0.15) is 0 Å². The van der Waals surface area contributed by atoms with E-state index in [0.29, 0.717) is 17.3 Å². The number of anilines is 1. The Bertz CT molecular complexity index is 501. The second kappa shape index (κ2) is 6.61. The highest BCUT2D eigenvalue weighted by Crippen LogP contribution is 2.27. The van der Waals surface area contributed by atoms with Gasteiger partial charge in [0, 0.05) is 21.8 Å². The van der Waals surface area contributed by atoms with E-state index >= 15 is 0 Å². The number of benzene rings is 1. The molecule has 0 aromatic heterocycles. The fraction of sp³-hybridized carbons (Fsp3) is 0.562. The zero-order valence-electron chi connectivity index (χ0n) is 12.2. The van der Waals surface area contributed by atoms with E-state index in [2.05, 4.69) is 28.2 Å². The summed E-state index contributed by atoms with van der Waals surface area (Å²) in [6.45, 7) is 4.13. The van der Waals surface area contributed by atoms with Crippen LogP contribution in [-0.2, 0) is 0 Å². The Morgan fingerprint density at radius 3 is 2.90 bits per heavy atom. The van der Waals surface area contributed by atoms with Crippen LogP contribution in [-0.4, -0.2) is 11.9 Å². The Hall–Kier alpha value is -1.03. The van der Waals surface area contributed by atoms with Crippen molar-refractivity contribution in [1.29, 1.82) is 0 Å². The summed E-state index contributed by atoms with van der Waals surface area (Å²) in [4.78, 5) is 12.4. The summed E-state index contributed by atoms with van der Waals surface area (Å²) in [5.41, 5.74) is 8.11. The molecule has 0 bridgehead atoms. The van der Waals surface area contributed by atoms with Crippen molar-refractivity contribution in [3.63, 3.8) is 0 Å². The first-order chi connectivity index (χ1) is 9.51. The van der Waals surface area contributed by atoms with Gasteiger partial charge in [0.25, 0.3) is 5.91 Å². The smallest absolute Gasteiger partial charge is 0.251 e. The number of amides is 1. The molecule has 2 atom stereocenters. The zero-order chi connectivity index (χ0) is 14.7. The molecule has 1 fully saturated rings. The summed E-state index contributed by atoms with van der Waals surface area (Å²) in [6.07, 6.45) is 5.90. The van der Waals surface area contributed by atoms with Crippen LogP contribution in [0.5, 0.6) is 0 Å². The summed E-state index contributed by atoms with van der Waals surface area (Å²) < 4.78 is 0.848. The molecule has 2 rings (SSSR count). The van der Waals surface area contributed by atoms with Crippen LogP contribution in [0.25, 0.3) is 0 Å². The molecule has 20 heavy (non-hydrogen) atoms. The van der Waals surface area contributed by atoms with Gasteiger partial charge in [-0.15, -0.1) is 0 Å². The minimum absolute atomic E-state index is 0.00254. The molecular formula is C16H23BrN2O. The number of carbonyl (C=O) groups is 1. The number of nitrogen functional groups attached to an aromatic ring is 1. The maximum absolute atomic E-state index is 12.4. The van der Waals surface area contributed by atoms with Crippen LogP contribution in [0.2, 0.25) is 0 Å². The Balaban J connectivity index is 2.08. The van der Waals surface area contributed by atoms with Gasteiger partial charge in [-0.3, -0.25) is 4.79 Å². The molecule has 0 heterocycles. The van der Waals surface area contributed by atoms with Gasteiger partial charge >= 0.3 is 0 Å². The third-order valence-electron chi connectivity index (χ3n) is 4.35. The molecule has 0 saturated heterocycles. The highest BCUT2D eigenvalue weighted by Gasteiger charge is 2.23. The van der Waals surface area contributed by atoms with Crippen molar-refractivity contribution in [3.05, 3.63) is 27.7 Å². The number of nitrogens with two attached hydrogens (primary N) is 1.